The molecule has 1 aromatic heterocycles. The van der Waals surface area contributed by atoms with Crippen LogP contribution in [0.25, 0.3) is 11.1 Å². The third-order valence-electron chi connectivity index (χ3n) is 7.03. The standard InChI is InChI=1S/C27H37N3O4/c1-27(2,3)34-26(33)29-13-12-21(17-29)24(25(31)32)15-19-8-7-9-20(14-19)22-16-28-30(18-22)23-10-5-4-6-11-23/h7-9,14,16,18,21,23-24H,4-6,10-13,15,17H2,1-3H3,(H,31,32)/t21-,24-/m0/s1. The molecule has 1 saturated heterocycles. The van der Waals surface area contributed by atoms with Crippen LogP contribution in [0.4, 0.5) is 4.79 Å². The summed E-state index contributed by atoms with van der Waals surface area (Å²) < 4.78 is 7.57. The van der Waals surface area contributed by atoms with Crippen molar-refractivity contribution < 1.29 is 19.4 Å². The van der Waals surface area contributed by atoms with E-state index in [1.807, 2.05) is 39.1 Å². The largest absolute Gasteiger partial charge is 0.481 e. The first-order valence-corrected chi connectivity index (χ1v) is 12.5. The van der Waals surface area contributed by atoms with Crippen molar-refractivity contribution >= 4 is 12.1 Å². The van der Waals surface area contributed by atoms with Crippen LogP contribution in [-0.4, -0.2) is 50.5 Å². The second-order valence-corrected chi connectivity index (χ2v) is 10.8. The molecule has 0 spiro atoms. The van der Waals surface area contributed by atoms with Crippen LogP contribution in [-0.2, 0) is 16.0 Å². The molecule has 7 nitrogen and oxygen atoms in total. The van der Waals surface area contributed by atoms with Gasteiger partial charge in [-0.15, -0.1) is 0 Å². The number of benzene rings is 1. The van der Waals surface area contributed by atoms with Crippen LogP contribution in [0.3, 0.4) is 0 Å². The number of carboxylic acid groups (broad SMARTS) is 1. The molecule has 2 aromatic rings. The number of ether oxygens (including phenoxy) is 1. The number of likely N-dealkylation sites (tertiary alicyclic amines) is 1. The summed E-state index contributed by atoms with van der Waals surface area (Å²) in [5, 5.41) is 14.6. The molecule has 0 bridgehead atoms. The van der Waals surface area contributed by atoms with E-state index in [-0.39, 0.29) is 12.0 Å². The predicted octanol–water partition coefficient (Wildman–Crippen LogP) is 5.56. The molecule has 2 fully saturated rings. The summed E-state index contributed by atoms with van der Waals surface area (Å²) in [6.07, 6.45) is 11.0. The van der Waals surface area contributed by atoms with Crippen molar-refractivity contribution in [1.82, 2.24) is 14.7 Å². The van der Waals surface area contributed by atoms with Crippen LogP contribution in [0.2, 0.25) is 0 Å². The molecule has 2 aliphatic rings. The SMILES string of the molecule is CC(C)(C)OC(=O)N1CC[C@H]([C@H](Cc2cccc(-c3cnn(C4CCCCC4)c3)c2)C(=O)O)C1. The third-order valence-corrected chi connectivity index (χ3v) is 7.03. The van der Waals surface area contributed by atoms with Gasteiger partial charge in [0.25, 0.3) is 0 Å². The molecule has 4 rings (SSSR count). The normalized spacial score (nSPS) is 20.3. The van der Waals surface area contributed by atoms with Crippen molar-refractivity contribution in [2.24, 2.45) is 11.8 Å². The molecule has 7 heteroatoms. The molecule has 1 aliphatic carbocycles. The highest BCUT2D eigenvalue weighted by atomic mass is 16.6. The van der Waals surface area contributed by atoms with E-state index < -0.39 is 17.5 Å². The quantitative estimate of drug-likeness (QED) is 0.602. The molecule has 1 aromatic carbocycles. The van der Waals surface area contributed by atoms with Crippen LogP contribution in [0.5, 0.6) is 0 Å². The Morgan fingerprint density at radius 1 is 1.15 bits per heavy atom. The van der Waals surface area contributed by atoms with Crippen LogP contribution in [0, 0.1) is 11.8 Å². The topological polar surface area (TPSA) is 84.7 Å². The fraction of sp³-hybridized carbons (Fsp3) is 0.593. The van der Waals surface area contributed by atoms with Crippen molar-refractivity contribution in [3.8, 4) is 11.1 Å². The average Bonchev–Trinajstić information content (AvgIpc) is 3.47. The van der Waals surface area contributed by atoms with E-state index in [4.69, 9.17) is 4.74 Å². The maximum absolute atomic E-state index is 12.4. The molecule has 1 N–H and O–H groups in total. The van der Waals surface area contributed by atoms with Crippen LogP contribution < -0.4 is 0 Å². The van der Waals surface area contributed by atoms with Crippen LogP contribution >= 0.6 is 0 Å². The van der Waals surface area contributed by atoms with Gasteiger partial charge in [0.05, 0.1) is 18.2 Å². The monoisotopic (exact) mass is 467 g/mol. The fourth-order valence-corrected chi connectivity index (χ4v) is 5.23. The van der Waals surface area contributed by atoms with Gasteiger partial charge in [0, 0.05) is 24.8 Å². The fourth-order valence-electron chi connectivity index (χ4n) is 5.23. The summed E-state index contributed by atoms with van der Waals surface area (Å²) in [6.45, 7) is 6.46. The number of carbonyl (C=O) groups excluding carboxylic acids is 1. The van der Waals surface area contributed by atoms with E-state index >= 15 is 0 Å². The first-order chi connectivity index (χ1) is 16.2. The Morgan fingerprint density at radius 3 is 2.62 bits per heavy atom. The van der Waals surface area contributed by atoms with Gasteiger partial charge in [0.2, 0.25) is 0 Å². The minimum Gasteiger partial charge on any atom is -0.481 e. The van der Waals surface area contributed by atoms with Crippen LogP contribution in [0.15, 0.2) is 36.7 Å². The number of carbonyl (C=O) groups is 2. The Balaban J connectivity index is 1.43. The first kappa shape index (κ1) is 24.3. The lowest BCUT2D eigenvalue weighted by atomic mass is 9.85. The molecule has 34 heavy (non-hydrogen) atoms. The van der Waals surface area contributed by atoms with Gasteiger partial charge < -0.3 is 14.7 Å². The lowest BCUT2D eigenvalue weighted by Gasteiger charge is -2.25. The molecule has 0 radical (unpaired) electrons. The summed E-state index contributed by atoms with van der Waals surface area (Å²) in [5.41, 5.74) is 2.56. The first-order valence-electron chi connectivity index (χ1n) is 12.5. The zero-order chi connectivity index (χ0) is 24.3. The number of hydrogen-bond donors (Lipinski definition) is 1. The third kappa shape index (κ3) is 5.99. The van der Waals surface area contributed by atoms with Gasteiger partial charge in [-0.3, -0.25) is 9.48 Å². The maximum atomic E-state index is 12.4. The zero-order valence-electron chi connectivity index (χ0n) is 20.6. The highest BCUT2D eigenvalue weighted by molar-refractivity contribution is 5.72. The number of carboxylic acids is 1. The summed E-state index contributed by atoms with van der Waals surface area (Å²) in [6, 6.07) is 8.60. The molecule has 2 atom stereocenters. The minimum atomic E-state index is -0.813. The number of aliphatic carboxylic acids is 1. The highest BCUT2D eigenvalue weighted by Crippen LogP contribution is 2.31. The second kappa shape index (κ2) is 10.2. The summed E-state index contributed by atoms with van der Waals surface area (Å²) in [4.78, 5) is 26.2. The van der Waals surface area contributed by atoms with Crippen molar-refractivity contribution in [3.63, 3.8) is 0 Å². The molecule has 184 valence electrons. The minimum absolute atomic E-state index is 0.0947. The number of rotatable bonds is 6. The Bertz CT molecular complexity index is 1000. The molecule has 1 aliphatic heterocycles. The molecule has 1 saturated carbocycles. The smallest absolute Gasteiger partial charge is 0.410 e. The average molecular weight is 468 g/mol. The highest BCUT2D eigenvalue weighted by Gasteiger charge is 2.37. The van der Waals surface area contributed by atoms with Gasteiger partial charge in [-0.25, -0.2) is 4.79 Å². The van der Waals surface area contributed by atoms with E-state index in [1.54, 1.807) is 4.90 Å². The predicted molar refractivity (Wildman–Crippen MR) is 131 cm³/mol. The number of amides is 1. The lowest BCUT2D eigenvalue weighted by Crippen LogP contribution is -2.36. The van der Waals surface area contributed by atoms with Gasteiger partial charge in [-0.2, -0.15) is 5.10 Å². The number of nitrogens with zero attached hydrogens (tertiary/aromatic N) is 3. The summed E-state index contributed by atoms with van der Waals surface area (Å²) in [5.74, 6) is -1.46. The van der Waals surface area contributed by atoms with E-state index in [0.29, 0.717) is 32.0 Å². The summed E-state index contributed by atoms with van der Waals surface area (Å²) in [7, 11) is 0. The number of aromatic nitrogens is 2. The molecule has 0 unspecified atom stereocenters. The van der Waals surface area contributed by atoms with E-state index in [0.717, 1.165) is 16.7 Å². The van der Waals surface area contributed by atoms with Crippen molar-refractivity contribution in [2.45, 2.75) is 77.4 Å². The van der Waals surface area contributed by atoms with Gasteiger partial charge in [-0.05, 0) is 63.5 Å². The zero-order valence-corrected chi connectivity index (χ0v) is 20.6. The van der Waals surface area contributed by atoms with Gasteiger partial charge >= 0.3 is 12.1 Å². The van der Waals surface area contributed by atoms with Crippen molar-refractivity contribution in [1.29, 1.82) is 0 Å². The number of hydrogen-bond acceptors (Lipinski definition) is 4. The molecular formula is C27H37N3O4. The second-order valence-electron chi connectivity index (χ2n) is 10.8. The molecule has 2 heterocycles. The van der Waals surface area contributed by atoms with Gasteiger partial charge in [-0.1, -0.05) is 43.5 Å². The van der Waals surface area contributed by atoms with E-state index in [9.17, 15) is 14.7 Å². The lowest BCUT2D eigenvalue weighted by molar-refractivity contribution is -0.143. The molecule has 1 amide bonds. The molecular weight excluding hydrogens is 430 g/mol. The summed E-state index contributed by atoms with van der Waals surface area (Å²) >= 11 is 0. The van der Waals surface area contributed by atoms with Gasteiger partial charge in [0.1, 0.15) is 5.60 Å². The Labute approximate surface area is 202 Å². The van der Waals surface area contributed by atoms with E-state index in [1.165, 1.54) is 32.1 Å². The van der Waals surface area contributed by atoms with Crippen molar-refractivity contribution in [2.75, 3.05) is 13.1 Å². The van der Waals surface area contributed by atoms with Crippen molar-refractivity contribution in [3.05, 3.63) is 42.2 Å². The maximum Gasteiger partial charge on any atom is 0.410 e. The van der Waals surface area contributed by atoms with Gasteiger partial charge in [0.15, 0.2) is 0 Å². The Morgan fingerprint density at radius 2 is 1.91 bits per heavy atom. The van der Waals surface area contributed by atoms with E-state index in [2.05, 4.69) is 28.1 Å². The van der Waals surface area contributed by atoms with Crippen LogP contribution in [0.1, 0.15) is 70.9 Å². The Kier molecular flexibility index (Phi) is 7.29. The Hall–Kier alpha value is -2.83.